The minimum atomic E-state index is -0.514. The van der Waals surface area contributed by atoms with E-state index >= 15 is 0 Å². The average molecular weight is 447 g/mol. The zero-order valence-corrected chi connectivity index (χ0v) is 19.3. The summed E-state index contributed by atoms with van der Waals surface area (Å²) in [5.41, 5.74) is 10.7. The summed E-state index contributed by atoms with van der Waals surface area (Å²) in [6.07, 6.45) is 6.81. The highest BCUT2D eigenvalue weighted by molar-refractivity contribution is 6.07. The molecule has 0 unspecified atom stereocenters. The van der Waals surface area contributed by atoms with Gasteiger partial charge in [0.05, 0.1) is 28.2 Å². The molecule has 0 radical (unpaired) electrons. The Bertz CT molecular complexity index is 1170. The zero-order chi connectivity index (χ0) is 23.5. The molecule has 0 aromatic carbocycles. The predicted octanol–water partition coefficient (Wildman–Crippen LogP) is 3.77. The molecule has 0 spiro atoms. The largest absolute Gasteiger partial charge is 0.380 e. The first kappa shape index (κ1) is 22.6. The SMILES string of the molecule is CC(=O)NC1CCC(c2nc3ccc(-c4cccnc4)nc3c(NC(C)C)c2C(N)=O)CC1. The molecule has 1 fully saturated rings. The van der Waals surface area contributed by atoms with Crippen LogP contribution in [0.2, 0.25) is 0 Å². The number of nitrogens with two attached hydrogens (primary N) is 1. The Balaban J connectivity index is 1.82. The molecule has 4 rings (SSSR count). The van der Waals surface area contributed by atoms with Gasteiger partial charge < -0.3 is 16.4 Å². The van der Waals surface area contributed by atoms with Gasteiger partial charge in [-0.3, -0.25) is 14.6 Å². The quantitative estimate of drug-likeness (QED) is 0.530. The lowest BCUT2D eigenvalue weighted by Gasteiger charge is -2.30. The second kappa shape index (κ2) is 9.52. The van der Waals surface area contributed by atoms with E-state index < -0.39 is 5.91 Å². The van der Waals surface area contributed by atoms with Crippen LogP contribution in [-0.2, 0) is 4.79 Å². The van der Waals surface area contributed by atoms with E-state index in [4.69, 9.17) is 15.7 Å². The Morgan fingerprint density at radius 1 is 1.09 bits per heavy atom. The van der Waals surface area contributed by atoms with Crippen LogP contribution in [0.5, 0.6) is 0 Å². The summed E-state index contributed by atoms with van der Waals surface area (Å²) >= 11 is 0. The van der Waals surface area contributed by atoms with Gasteiger partial charge >= 0.3 is 0 Å². The van der Waals surface area contributed by atoms with Gasteiger partial charge in [0.1, 0.15) is 5.52 Å². The van der Waals surface area contributed by atoms with E-state index in [9.17, 15) is 9.59 Å². The van der Waals surface area contributed by atoms with Crippen molar-refractivity contribution in [2.24, 2.45) is 5.73 Å². The Labute approximate surface area is 193 Å². The van der Waals surface area contributed by atoms with Crippen LogP contribution in [0.4, 0.5) is 5.69 Å². The molecule has 0 bridgehead atoms. The number of fused-ring (bicyclic) bond motifs is 1. The molecule has 0 atom stereocenters. The van der Waals surface area contributed by atoms with Crippen molar-refractivity contribution in [3.8, 4) is 11.3 Å². The molecular formula is C25H30N6O2. The third kappa shape index (κ3) is 4.94. The lowest BCUT2D eigenvalue weighted by atomic mass is 9.82. The third-order valence-corrected chi connectivity index (χ3v) is 6.02. The van der Waals surface area contributed by atoms with Gasteiger partial charge in [0.15, 0.2) is 0 Å². The lowest BCUT2D eigenvalue weighted by Crippen LogP contribution is -2.36. The molecule has 1 aliphatic rings. The van der Waals surface area contributed by atoms with Gasteiger partial charge in [-0.15, -0.1) is 0 Å². The molecule has 1 aliphatic carbocycles. The van der Waals surface area contributed by atoms with E-state index in [1.54, 1.807) is 19.3 Å². The number of carbonyl (C=O) groups is 2. The minimum Gasteiger partial charge on any atom is -0.380 e. The van der Waals surface area contributed by atoms with Gasteiger partial charge in [0, 0.05) is 42.9 Å². The van der Waals surface area contributed by atoms with E-state index in [-0.39, 0.29) is 23.9 Å². The van der Waals surface area contributed by atoms with Crippen molar-refractivity contribution in [1.82, 2.24) is 20.3 Å². The number of hydrogen-bond donors (Lipinski definition) is 3. The van der Waals surface area contributed by atoms with E-state index in [0.717, 1.165) is 48.2 Å². The van der Waals surface area contributed by atoms with Crippen LogP contribution in [0.25, 0.3) is 22.3 Å². The fourth-order valence-electron chi connectivity index (χ4n) is 4.61. The first-order valence-corrected chi connectivity index (χ1v) is 11.4. The van der Waals surface area contributed by atoms with Gasteiger partial charge in [-0.25, -0.2) is 9.97 Å². The predicted molar refractivity (Wildman–Crippen MR) is 129 cm³/mol. The van der Waals surface area contributed by atoms with Crippen molar-refractivity contribution in [3.05, 3.63) is 47.9 Å². The number of anilines is 1. The number of primary amides is 1. The summed E-state index contributed by atoms with van der Waals surface area (Å²) < 4.78 is 0. The van der Waals surface area contributed by atoms with Crippen molar-refractivity contribution >= 4 is 28.5 Å². The van der Waals surface area contributed by atoms with Crippen LogP contribution in [0.1, 0.15) is 68.4 Å². The summed E-state index contributed by atoms with van der Waals surface area (Å²) in [6.45, 7) is 5.57. The first-order chi connectivity index (χ1) is 15.8. The number of nitrogens with zero attached hydrogens (tertiary/aromatic N) is 3. The minimum absolute atomic E-state index is 0.0148. The second-order valence-corrected chi connectivity index (χ2v) is 8.97. The van der Waals surface area contributed by atoms with E-state index in [2.05, 4.69) is 15.6 Å². The number of amides is 2. The zero-order valence-electron chi connectivity index (χ0n) is 19.3. The van der Waals surface area contributed by atoms with Crippen molar-refractivity contribution in [2.75, 3.05) is 5.32 Å². The first-order valence-electron chi connectivity index (χ1n) is 11.4. The van der Waals surface area contributed by atoms with E-state index in [1.807, 2.05) is 38.1 Å². The number of pyridine rings is 3. The summed E-state index contributed by atoms with van der Waals surface area (Å²) in [4.78, 5) is 38.1. The topological polar surface area (TPSA) is 123 Å². The molecule has 3 aromatic heterocycles. The summed E-state index contributed by atoms with van der Waals surface area (Å²) in [7, 11) is 0. The summed E-state index contributed by atoms with van der Waals surface area (Å²) in [6, 6.07) is 7.90. The highest BCUT2D eigenvalue weighted by Crippen LogP contribution is 2.38. The van der Waals surface area contributed by atoms with Gasteiger partial charge in [0.25, 0.3) is 5.91 Å². The van der Waals surface area contributed by atoms with E-state index in [1.165, 1.54) is 0 Å². The maximum atomic E-state index is 12.7. The molecular weight excluding hydrogens is 416 g/mol. The Hall–Kier alpha value is -3.55. The van der Waals surface area contributed by atoms with Gasteiger partial charge in [0.2, 0.25) is 5.91 Å². The van der Waals surface area contributed by atoms with Crippen LogP contribution in [-0.4, -0.2) is 38.8 Å². The smallest absolute Gasteiger partial charge is 0.252 e. The molecule has 8 heteroatoms. The Morgan fingerprint density at radius 3 is 2.45 bits per heavy atom. The normalized spacial score (nSPS) is 18.3. The van der Waals surface area contributed by atoms with Crippen LogP contribution >= 0.6 is 0 Å². The highest BCUT2D eigenvalue weighted by atomic mass is 16.1. The van der Waals surface area contributed by atoms with Crippen LogP contribution in [0, 0.1) is 0 Å². The number of rotatable bonds is 6. The molecule has 0 aliphatic heterocycles. The van der Waals surface area contributed by atoms with Crippen molar-refractivity contribution < 1.29 is 9.59 Å². The molecule has 3 heterocycles. The van der Waals surface area contributed by atoms with Crippen molar-refractivity contribution in [1.29, 1.82) is 0 Å². The fourth-order valence-corrected chi connectivity index (χ4v) is 4.61. The van der Waals surface area contributed by atoms with Gasteiger partial charge in [-0.1, -0.05) is 0 Å². The summed E-state index contributed by atoms with van der Waals surface area (Å²) in [5, 5.41) is 6.42. The van der Waals surface area contributed by atoms with E-state index in [0.29, 0.717) is 16.8 Å². The van der Waals surface area contributed by atoms with Gasteiger partial charge in [-0.05, 0) is 63.8 Å². The number of aromatic nitrogens is 3. The number of carbonyl (C=O) groups excluding carboxylic acids is 2. The third-order valence-electron chi connectivity index (χ3n) is 6.02. The van der Waals surface area contributed by atoms with Crippen LogP contribution in [0.15, 0.2) is 36.7 Å². The fraction of sp³-hybridized carbons (Fsp3) is 0.400. The second-order valence-electron chi connectivity index (χ2n) is 8.97. The molecule has 2 amide bonds. The molecule has 1 saturated carbocycles. The average Bonchev–Trinajstić information content (AvgIpc) is 2.78. The Morgan fingerprint density at radius 2 is 1.85 bits per heavy atom. The highest BCUT2D eigenvalue weighted by Gasteiger charge is 2.30. The van der Waals surface area contributed by atoms with Crippen molar-refractivity contribution in [3.63, 3.8) is 0 Å². The van der Waals surface area contributed by atoms with Crippen LogP contribution < -0.4 is 16.4 Å². The standard InChI is InChI=1S/C25H30N6O2/c1-14(2)28-24-21(25(26)33)22(16-6-8-18(9-7-16)29-15(3)32)31-20-11-10-19(30-23(20)24)17-5-4-12-27-13-17/h4-5,10-14,16,18H,6-9H2,1-3H3,(H2,26,33)(H,28,31)(H,29,32). The lowest BCUT2D eigenvalue weighted by molar-refractivity contribution is -0.119. The molecule has 3 aromatic rings. The summed E-state index contributed by atoms with van der Waals surface area (Å²) in [5.74, 6) is -0.438. The molecule has 8 nitrogen and oxygen atoms in total. The molecule has 4 N–H and O–H groups in total. The van der Waals surface area contributed by atoms with Gasteiger partial charge in [-0.2, -0.15) is 0 Å². The molecule has 172 valence electrons. The van der Waals surface area contributed by atoms with Crippen LogP contribution in [0.3, 0.4) is 0 Å². The molecule has 0 saturated heterocycles. The number of nitrogens with one attached hydrogen (secondary N) is 2. The molecule has 33 heavy (non-hydrogen) atoms. The van der Waals surface area contributed by atoms with Crippen molar-refractivity contribution in [2.45, 2.75) is 64.5 Å². The maximum Gasteiger partial charge on any atom is 0.252 e. The number of hydrogen-bond acceptors (Lipinski definition) is 6. The maximum absolute atomic E-state index is 12.7. The Kier molecular flexibility index (Phi) is 6.53. The monoisotopic (exact) mass is 446 g/mol.